The summed E-state index contributed by atoms with van der Waals surface area (Å²) in [5, 5.41) is 0.102. The summed E-state index contributed by atoms with van der Waals surface area (Å²) in [4.78, 5) is 14.4. The van der Waals surface area contributed by atoms with E-state index in [0.717, 1.165) is 0 Å². The van der Waals surface area contributed by atoms with E-state index in [-0.39, 0.29) is 11.1 Å². The van der Waals surface area contributed by atoms with Gasteiger partial charge in [-0.05, 0) is 6.42 Å². The third kappa shape index (κ3) is 2.86. The van der Waals surface area contributed by atoms with Gasteiger partial charge in [0.25, 0.3) is 0 Å². The second-order valence-electron chi connectivity index (χ2n) is 3.44. The Morgan fingerprint density at radius 1 is 1.44 bits per heavy atom. The van der Waals surface area contributed by atoms with Crippen molar-refractivity contribution in [2.75, 3.05) is 11.3 Å². The van der Waals surface area contributed by atoms with Crippen LogP contribution in [0.5, 0.6) is 0 Å². The van der Waals surface area contributed by atoms with Crippen molar-refractivity contribution in [3.05, 3.63) is 11.5 Å². The molecule has 0 fully saturated rings. The van der Waals surface area contributed by atoms with Crippen molar-refractivity contribution >= 4 is 38.9 Å². The molecule has 2 rings (SSSR count). The standard InChI is InChI=1S/C8H11ClN6O2S/c1-2-3-12-18(16,17)15-8-13-6(9)5-7(14-8)11-4-10-5/h4,12H,2-3H2,1H3,(H2,10,11,13,14,15). The zero-order valence-electron chi connectivity index (χ0n) is 9.44. The molecular formula is C8H11ClN6O2S. The van der Waals surface area contributed by atoms with Crippen molar-refractivity contribution in [2.24, 2.45) is 0 Å². The molecule has 2 aromatic rings. The number of hydrogen-bond donors (Lipinski definition) is 3. The van der Waals surface area contributed by atoms with E-state index in [1.165, 1.54) is 6.33 Å². The summed E-state index contributed by atoms with van der Waals surface area (Å²) in [6.45, 7) is 2.18. The molecule has 10 heteroatoms. The number of hydrogen-bond acceptors (Lipinski definition) is 5. The van der Waals surface area contributed by atoms with Crippen LogP contribution in [0.15, 0.2) is 6.33 Å². The number of halogens is 1. The molecule has 8 nitrogen and oxygen atoms in total. The first-order valence-corrected chi connectivity index (χ1v) is 7.02. The van der Waals surface area contributed by atoms with Crippen molar-refractivity contribution in [2.45, 2.75) is 13.3 Å². The van der Waals surface area contributed by atoms with E-state index < -0.39 is 10.2 Å². The van der Waals surface area contributed by atoms with Gasteiger partial charge in [0, 0.05) is 6.54 Å². The average Bonchev–Trinajstić information content (AvgIpc) is 2.74. The molecule has 0 unspecified atom stereocenters. The predicted octanol–water partition coefficient (Wildman–Crippen LogP) is 0.663. The highest BCUT2D eigenvalue weighted by atomic mass is 35.5. The smallest absolute Gasteiger partial charge is 0.301 e. The molecule has 0 aromatic carbocycles. The van der Waals surface area contributed by atoms with Gasteiger partial charge in [0.1, 0.15) is 5.52 Å². The quantitative estimate of drug-likeness (QED) is 0.700. The highest BCUT2D eigenvalue weighted by Gasteiger charge is 2.13. The van der Waals surface area contributed by atoms with Crippen LogP contribution < -0.4 is 9.44 Å². The zero-order valence-corrected chi connectivity index (χ0v) is 11.0. The van der Waals surface area contributed by atoms with Crippen LogP contribution in [0, 0.1) is 0 Å². The minimum Gasteiger partial charge on any atom is -0.341 e. The second-order valence-corrected chi connectivity index (χ2v) is 5.30. The zero-order chi connectivity index (χ0) is 13.2. The van der Waals surface area contributed by atoms with Crippen LogP contribution in [0.4, 0.5) is 5.95 Å². The molecule has 98 valence electrons. The summed E-state index contributed by atoms with van der Waals surface area (Å²) in [6.07, 6.45) is 2.08. The van der Waals surface area contributed by atoms with Gasteiger partial charge in [0.15, 0.2) is 10.8 Å². The highest BCUT2D eigenvalue weighted by molar-refractivity contribution is 7.90. The Morgan fingerprint density at radius 3 is 2.94 bits per heavy atom. The largest absolute Gasteiger partial charge is 0.341 e. The Bertz CT molecular complexity index is 655. The van der Waals surface area contributed by atoms with E-state index in [9.17, 15) is 8.42 Å². The lowest BCUT2D eigenvalue weighted by atomic mass is 10.5. The van der Waals surface area contributed by atoms with Crippen molar-refractivity contribution in [1.82, 2.24) is 24.7 Å². The van der Waals surface area contributed by atoms with Crippen LogP contribution in [-0.2, 0) is 10.2 Å². The van der Waals surface area contributed by atoms with Gasteiger partial charge < -0.3 is 4.98 Å². The third-order valence-corrected chi connectivity index (χ3v) is 3.32. The number of fused-ring (bicyclic) bond motifs is 1. The number of rotatable bonds is 5. The maximum atomic E-state index is 11.6. The lowest BCUT2D eigenvalue weighted by molar-refractivity contribution is 0.586. The van der Waals surface area contributed by atoms with Gasteiger partial charge in [-0.3, -0.25) is 0 Å². The first-order valence-electron chi connectivity index (χ1n) is 5.16. The Labute approximate surface area is 108 Å². The molecule has 0 amide bonds. The molecule has 0 bridgehead atoms. The van der Waals surface area contributed by atoms with E-state index in [4.69, 9.17) is 11.6 Å². The van der Waals surface area contributed by atoms with Crippen molar-refractivity contribution in [3.8, 4) is 0 Å². The van der Waals surface area contributed by atoms with Crippen LogP contribution in [0.3, 0.4) is 0 Å². The average molecular weight is 291 g/mol. The SMILES string of the molecule is CCCNS(=O)(=O)Nc1nc(Cl)c2[nH]cnc2n1. The van der Waals surface area contributed by atoms with Crippen molar-refractivity contribution in [1.29, 1.82) is 0 Å². The van der Waals surface area contributed by atoms with Crippen LogP contribution in [0.1, 0.15) is 13.3 Å². The Kier molecular flexibility index (Phi) is 3.64. The van der Waals surface area contributed by atoms with Gasteiger partial charge >= 0.3 is 10.2 Å². The number of aromatic nitrogens is 4. The minimum atomic E-state index is -3.69. The molecule has 0 aliphatic carbocycles. The number of nitrogens with one attached hydrogen (secondary N) is 3. The van der Waals surface area contributed by atoms with Crippen LogP contribution in [0.2, 0.25) is 5.15 Å². The molecule has 0 aliphatic rings. The number of H-pyrrole nitrogens is 1. The van der Waals surface area contributed by atoms with Gasteiger partial charge in [-0.15, -0.1) is 0 Å². The van der Waals surface area contributed by atoms with Gasteiger partial charge in [-0.2, -0.15) is 23.1 Å². The second kappa shape index (κ2) is 5.04. The summed E-state index contributed by atoms with van der Waals surface area (Å²) < 4.78 is 27.6. The molecule has 0 saturated carbocycles. The molecule has 2 heterocycles. The fourth-order valence-corrected chi connectivity index (χ4v) is 2.33. The van der Waals surface area contributed by atoms with Crippen molar-refractivity contribution in [3.63, 3.8) is 0 Å². The Morgan fingerprint density at radius 2 is 2.22 bits per heavy atom. The molecule has 0 spiro atoms. The topological polar surface area (TPSA) is 113 Å². The van der Waals surface area contributed by atoms with E-state index >= 15 is 0 Å². The van der Waals surface area contributed by atoms with Gasteiger partial charge in [-0.25, -0.2) is 9.71 Å². The molecule has 0 radical (unpaired) electrons. The predicted molar refractivity (Wildman–Crippen MR) is 67.5 cm³/mol. The maximum Gasteiger partial charge on any atom is 0.301 e. The number of anilines is 1. The van der Waals surface area contributed by atoms with E-state index in [2.05, 4.69) is 29.4 Å². The van der Waals surface area contributed by atoms with Crippen molar-refractivity contribution < 1.29 is 8.42 Å². The molecule has 0 saturated heterocycles. The van der Waals surface area contributed by atoms with Crippen LogP contribution in [0.25, 0.3) is 11.2 Å². The summed E-state index contributed by atoms with van der Waals surface area (Å²) in [5.74, 6) is -0.122. The Balaban J connectivity index is 2.26. The molecular weight excluding hydrogens is 280 g/mol. The summed E-state index contributed by atoms with van der Waals surface area (Å²) in [7, 11) is -3.69. The van der Waals surface area contributed by atoms with Gasteiger partial charge in [0.05, 0.1) is 6.33 Å². The highest BCUT2D eigenvalue weighted by Crippen LogP contribution is 2.18. The fraction of sp³-hybridized carbons (Fsp3) is 0.375. The molecule has 3 N–H and O–H groups in total. The lowest BCUT2D eigenvalue weighted by Crippen LogP contribution is -2.31. The number of nitrogens with zero attached hydrogens (tertiary/aromatic N) is 3. The number of aromatic amines is 1. The fourth-order valence-electron chi connectivity index (χ4n) is 1.24. The molecule has 18 heavy (non-hydrogen) atoms. The minimum absolute atomic E-state index is 0.102. The maximum absolute atomic E-state index is 11.6. The van der Waals surface area contributed by atoms with Gasteiger partial charge in [0.2, 0.25) is 5.95 Å². The van der Waals surface area contributed by atoms with E-state index in [0.29, 0.717) is 24.1 Å². The summed E-state index contributed by atoms with van der Waals surface area (Å²) in [5.41, 5.74) is 0.754. The lowest BCUT2D eigenvalue weighted by Gasteiger charge is -2.07. The third-order valence-electron chi connectivity index (χ3n) is 2.01. The first-order chi connectivity index (χ1) is 8.52. The van der Waals surface area contributed by atoms with Gasteiger partial charge in [-0.1, -0.05) is 18.5 Å². The van der Waals surface area contributed by atoms with E-state index in [1.807, 2.05) is 6.92 Å². The Hall–Kier alpha value is -1.45. The summed E-state index contributed by atoms with van der Waals surface area (Å²) >= 11 is 5.86. The monoisotopic (exact) mass is 290 g/mol. The van der Waals surface area contributed by atoms with E-state index in [1.54, 1.807) is 0 Å². The van der Waals surface area contributed by atoms with Crippen LogP contribution >= 0.6 is 11.6 Å². The molecule has 2 aromatic heterocycles. The molecule has 0 aliphatic heterocycles. The first kappa shape index (κ1) is 13.0. The number of imidazole rings is 1. The summed E-state index contributed by atoms with van der Waals surface area (Å²) in [6, 6.07) is 0. The van der Waals surface area contributed by atoms with Crippen LogP contribution in [-0.4, -0.2) is 34.9 Å². The molecule has 0 atom stereocenters. The normalized spacial score (nSPS) is 11.9.